The molecule has 3 heteroatoms. The fraction of sp³-hybridized carbons (Fsp3) is 0.471. The van der Waals surface area contributed by atoms with Crippen molar-refractivity contribution in [2.45, 2.75) is 39.0 Å². The first kappa shape index (κ1) is 13.7. The summed E-state index contributed by atoms with van der Waals surface area (Å²) in [6.07, 6.45) is 7.33. The lowest BCUT2D eigenvalue weighted by Gasteiger charge is -2.25. The molecule has 1 heterocycles. The Bertz CT molecular complexity index is 665. The molecule has 0 atom stereocenters. The highest BCUT2D eigenvalue weighted by Gasteiger charge is 2.40. The normalized spacial score (nSPS) is 17.8. The number of ketones is 1. The van der Waals surface area contributed by atoms with E-state index in [4.69, 9.17) is 11.6 Å². The third kappa shape index (κ3) is 1.98. The van der Waals surface area contributed by atoms with E-state index in [9.17, 15) is 4.79 Å². The summed E-state index contributed by atoms with van der Waals surface area (Å²) in [5.41, 5.74) is 1.77. The number of aromatic nitrogens is 1. The lowest BCUT2D eigenvalue weighted by atomic mass is 9.76. The molecule has 1 saturated carbocycles. The average molecular weight is 290 g/mol. The highest BCUT2D eigenvalue weighted by molar-refractivity contribution is 6.31. The van der Waals surface area contributed by atoms with Gasteiger partial charge in [0.2, 0.25) is 0 Å². The molecule has 0 aliphatic heterocycles. The van der Waals surface area contributed by atoms with Crippen molar-refractivity contribution in [3.05, 3.63) is 35.0 Å². The highest BCUT2D eigenvalue weighted by Crippen LogP contribution is 2.44. The first-order chi connectivity index (χ1) is 9.57. The van der Waals surface area contributed by atoms with Gasteiger partial charge in [-0.15, -0.1) is 0 Å². The van der Waals surface area contributed by atoms with Gasteiger partial charge in [-0.1, -0.05) is 37.4 Å². The Labute approximate surface area is 124 Å². The molecule has 0 spiro atoms. The number of Topliss-reactive ketones (excluding diaryl/α,β-unsaturated/α-hetero) is 1. The monoisotopic (exact) mass is 289 g/mol. The summed E-state index contributed by atoms with van der Waals surface area (Å²) < 4.78 is 2.01. The van der Waals surface area contributed by atoms with Gasteiger partial charge in [-0.25, -0.2) is 0 Å². The lowest BCUT2D eigenvalue weighted by Crippen LogP contribution is -2.27. The van der Waals surface area contributed by atoms with Crippen molar-refractivity contribution in [3.63, 3.8) is 0 Å². The van der Waals surface area contributed by atoms with Gasteiger partial charge in [0, 0.05) is 40.1 Å². The van der Waals surface area contributed by atoms with Crippen LogP contribution in [0, 0.1) is 5.41 Å². The Morgan fingerprint density at radius 1 is 1.35 bits per heavy atom. The van der Waals surface area contributed by atoms with Gasteiger partial charge in [-0.3, -0.25) is 4.79 Å². The summed E-state index contributed by atoms with van der Waals surface area (Å²) in [5.74, 6) is 0.324. The fourth-order valence-corrected chi connectivity index (χ4v) is 3.78. The Hall–Kier alpha value is -1.28. The van der Waals surface area contributed by atoms with E-state index >= 15 is 0 Å². The second-order valence-electron chi connectivity index (χ2n) is 5.99. The number of hydrogen-bond donors (Lipinski definition) is 0. The zero-order chi connectivity index (χ0) is 14.3. The molecule has 0 radical (unpaired) electrons. The Kier molecular flexibility index (Phi) is 3.37. The van der Waals surface area contributed by atoms with Gasteiger partial charge in [0.05, 0.1) is 0 Å². The molecule has 1 aromatic heterocycles. The predicted molar refractivity (Wildman–Crippen MR) is 83.5 cm³/mol. The maximum atomic E-state index is 13.1. The Morgan fingerprint density at radius 3 is 2.70 bits per heavy atom. The predicted octanol–water partition coefficient (Wildman–Crippen LogP) is 4.98. The molecule has 0 N–H and O–H groups in total. The number of carbonyl (C=O) groups excluding carboxylic acids is 1. The van der Waals surface area contributed by atoms with Crippen LogP contribution in [0.25, 0.3) is 10.9 Å². The second-order valence-corrected chi connectivity index (χ2v) is 6.42. The first-order valence-electron chi connectivity index (χ1n) is 7.37. The number of benzene rings is 1. The SMILES string of the molecule is CCC1(C(=O)c2cn(C)c3cc(Cl)ccc23)CCCC1. The van der Waals surface area contributed by atoms with Crippen LogP contribution in [0.15, 0.2) is 24.4 Å². The Morgan fingerprint density at radius 2 is 2.05 bits per heavy atom. The van der Waals surface area contributed by atoms with Crippen LogP contribution in [0.2, 0.25) is 5.02 Å². The van der Waals surface area contributed by atoms with Gasteiger partial charge >= 0.3 is 0 Å². The zero-order valence-electron chi connectivity index (χ0n) is 12.1. The van der Waals surface area contributed by atoms with Crippen molar-refractivity contribution in [2.75, 3.05) is 0 Å². The number of rotatable bonds is 3. The molecule has 2 nitrogen and oxygen atoms in total. The van der Waals surface area contributed by atoms with E-state index in [2.05, 4.69) is 6.92 Å². The number of halogens is 1. The first-order valence-corrected chi connectivity index (χ1v) is 7.74. The van der Waals surface area contributed by atoms with E-state index in [1.54, 1.807) is 0 Å². The molecular weight excluding hydrogens is 270 g/mol. The molecule has 0 bridgehead atoms. The van der Waals surface area contributed by atoms with Crippen LogP contribution < -0.4 is 0 Å². The number of nitrogens with zero attached hydrogens (tertiary/aromatic N) is 1. The van der Waals surface area contributed by atoms with Crippen LogP contribution in [0.5, 0.6) is 0 Å². The van der Waals surface area contributed by atoms with Gasteiger partial charge in [-0.05, 0) is 31.4 Å². The van der Waals surface area contributed by atoms with E-state index in [-0.39, 0.29) is 5.41 Å². The van der Waals surface area contributed by atoms with E-state index in [0.29, 0.717) is 10.8 Å². The smallest absolute Gasteiger partial charge is 0.171 e. The molecule has 0 saturated heterocycles. The van der Waals surface area contributed by atoms with E-state index in [1.165, 1.54) is 12.8 Å². The molecule has 1 aliphatic carbocycles. The summed E-state index contributed by atoms with van der Waals surface area (Å²) in [7, 11) is 1.97. The minimum absolute atomic E-state index is 0.131. The fourth-order valence-electron chi connectivity index (χ4n) is 3.62. The molecular formula is C17H20ClNO. The summed E-state index contributed by atoms with van der Waals surface area (Å²) in [6, 6.07) is 5.78. The molecule has 0 amide bonds. The van der Waals surface area contributed by atoms with E-state index < -0.39 is 0 Å². The quantitative estimate of drug-likeness (QED) is 0.730. The third-order valence-corrected chi connectivity index (χ3v) is 5.15. The molecule has 3 rings (SSSR count). The van der Waals surface area contributed by atoms with Crippen LogP contribution in [-0.2, 0) is 7.05 Å². The summed E-state index contributed by atoms with van der Waals surface area (Å²) in [5, 5.41) is 1.74. The van der Waals surface area contributed by atoms with Gasteiger partial charge in [-0.2, -0.15) is 0 Å². The second kappa shape index (κ2) is 4.92. The summed E-state index contributed by atoms with van der Waals surface area (Å²) in [6.45, 7) is 2.14. The number of aryl methyl sites for hydroxylation is 1. The highest BCUT2D eigenvalue weighted by atomic mass is 35.5. The average Bonchev–Trinajstić information content (AvgIpc) is 3.04. The number of hydrogen-bond acceptors (Lipinski definition) is 1. The number of carbonyl (C=O) groups is 1. The minimum Gasteiger partial charge on any atom is -0.350 e. The molecule has 20 heavy (non-hydrogen) atoms. The molecule has 1 aromatic carbocycles. The largest absolute Gasteiger partial charge is 0.350 e. The van der Waals surface area contributed by atoms with Crippen molar-refractivity contribution < 1.29 is 4.79 Å². The van der Waals surface area contributed by atoms with Gasteiger partial charge in [0.15, 0.2) is 5.78 Å². The van der Waals surface area contributed by atoms with Crippen molar-refractivity contribution in [2.24, 2.45) is 12.5 Å². The van der Waals surface area contributed by atoms with E-state index in [1.807, 2.05) is 36.0 Å². The molecule has 1 aliphatic rings. The van der Waals surface area contributed by atoms with Crippen molar-refractivity contribution >= 4 is 28.3 Å². The topological polar surface area (TPSA) is 22.0 Å². The Balaban J connectivity index is 2.12. The minimum atomic E-state index is -0.131. The van der Waals surface area contributed by atoms with Crippen molar-refractivity contribution in [1.82, 2.24) is 4.57 Å². The van der Waals surface area contributed by atoms with E-state index in [0.717, 1.165) is 35.7 Å². The summed E-state index contributed by atoms with van der Waals surface area (Å²) >= 11 is 6.06. The molecule has 0 unspecified atom stereocenters. The maximum absolute atomic E-state index is 13.1. The zero-order valence-corrected chi connectivity index (χ0v) is 12.8. The van der Waals surface area contributed by atoms with Crippen LogP contribution in [0.1, 0.15) is 49.4 Å². The standard InChI is InChI=1S/C17H20ClNO/c1-3-17(8-4-5-9-17)16(20)14-11-19(2)15-10-12(18)6-7-13(14)15/h6-7,10-11H,3-5,8-9H2,1-2H3. The van der Waals surface area contributed by atoms with Crippen molar-refractivity contribution in [3.8, 4) is 0 Å². The van der Waals surface area contributed by atoms with Crippen LogP contribution in [0.3, 0.4) is 0 Å². The van der Waals surface area contributed by atoms with Crippen LogP contribution in [0.4, 0.5) is 0 Å². The third-order valence-electron chi connectivity index (χ3n) is 4.92. The summed E-state index contributed by atoms with van der Waals surface area (Å²) in [4.78, 5) is 13.1. The van der Waals surface area contributed by atoms with Gasteiger partial charge in [0.1, 0.15) is 0 Å². The van der Waals surface area contributed by atoms with Gasteiger partial charge in [0.25, 0.3) is 0 Å². The van der Waals surface area contributed by atoms with Crippen LogP contribution >= 0.6 is 11.6 Å². The van der Waals surface area contributed by atoms with Gasteiger partial charge < -0.3 is 4.57 Å². The molecule has 1 fully saturated rings. The molecule has 106 valence electrons. The maximum Gasteiger partial charge on any atom is 0.171 e. The lowest BCUT2D eigenvalue weighted by molar-refractivity contribution is 0.0793. The molecule has 2 aromatic rings. The number of fused-ring (bicyclic) bond motifs is 1. The van der Waals surface area contributed by atoms with Crippen molar-refractivity contribution in [1.29, 1.82) is 0 Å². The van der Waals surface area contributed by atoms with Crippen LogP contribution in [-0.4, -0.2) is 10.4 Å².